The number of hydrogen-bond donors (Lipinski definition) is 7. The number of hydrogen-bond acceptors (Lipinski definition) is 5. The van der Waals surface area contributed by atoms with Gasteiger partial charge in [0.25, 0.3) is 0 Å². The highest BCUT2D eigenvalue weighted by molar-refractivity contribution is 7.53. The lowest BCUT2D eigenvalue weighted by Crippen LogP contribution is -2.61. The van der Waals surface area contributed by atoms with E-state index in [1.165, 1.54) is 0 Å². The zero-order valence-electron chi connectivity index (χ0n) is 8.43. The quantitative estimate of drug-likeness (QED) is 0.212. The molecule has 0 aliphatic carbocycles. The summed E-state index contributed by atoms with van der Waals surface area (Å²) in [5.74, 6) is 0. The predicted octanol–water partition coefficient (Wildman–Crippen LogP) is -1.98. The Balaban J connectivity index is 4.33. The first-order valence-corrected chi connectivity index (χ1v) is 7.72. The molecule has 0 fully saturated rings. The van der Waals surface area contributed by atoms with E-state index in [-0.39, 0.29) is 12.8 Å². The minimum Gasteiger partial charge on any atom is -0.324 e. The molecule has 0 saturated heterocycles. The van der Waals surface area contributed by atoms with Crippen molar-refractivity contribution in [2.24, 2.45) is 17.2 Å². The van der Waals surface area contributed by atoms with E-state index in [0.717, 1.165) is 0 Å². The fourth-order valence-corrected chi connectivity index (χ4v) is 2.12. The fraction of sp³-hybridized carbons (Fsp3) is 1.00. The van der Waals surface area contributed by atoms with Crippen molar-refractivity contribution in [2.75, 3.05) is 6.16 Å². The molecule has 0 heterocycles. The molecule has 1 unspecified atom stereocenters. The van der Waals surface area contributed by atoms with Crippen LogP contribution in [0.15, 0.2) is 0 Å². The summed E-state index contributed by atoms with van der Waals surface area (Å²) in [6.45, 7) is 0. The van der Waals surface area contributed by atoms with Gasteiger partial charge in [-0.05, 0) is 12.8 Å². The molecule has 0 rings (SSSR count). The Morgan fingerprint density at radius 1 is 1.12 bits per heavy atom. The van der Waals surface area contributed by atoms with E-state index in [9.17, 15) is 9.13 Å². The van der Waals surface area contributed by atoms with E-state index < -0.39 is 32.8 Å². The van der Waals surface area contributed by atoms with Gasteiger partial charge in [0.05, 0.1) is 0 Å². The van der Waals surface area contributed by atoms with Crippen molar-refractivity contribution in [3.05, 3.63) is 0 Å². The summed E-state index contributed by atoms with van der Waals surface area (Å²) in [5, 5.41) is -2.39. The van der Waals surface area contributed by atoms with Gasteiger partial charge in [0.2, 0.25) is 0 Å². The molecule has 0 radical (unpaired) electrons. The third-order valence-electron chi connectivity index (χ3n) is 2.06. The topological polar surface area (TPSA) is 193 Å². The van der Waals surface area contributed by atoms with Crippen LogP contribution in [0.1, 0.15) is 12.8 Å². The van der Waals surface area contributed by atoms with Crippen molar-refractivity contribution >= 4 is 15.2 Å². The molecule has 0 bridgehead atoms. The monoisotopic (exact) mass is 277 g/mol. The smallest absolute Gasteiger partial charge is 0.324 e. The van der Waals surface area contributed by atoms with Gasteiger partial charge in [0.1, 0.15) is 0 Å². The largest absolute Gasteiger partial charge is 0.361 e. The summed E-state index contributed by atoms with van der Waals surface area (Å²) in [4.78, 5) is 34.7. The van der Waals surface area contributed by atoms with Crippen LogP contribution in [0.4, 0.5) is 0 Å². The summed E-state index contributed by atoms with van der Waals surface area (Å²) in [6, 6.07) is -1.25. The van der Waals surface area contributed by atoms with Gasteiger partial charge in [-0.3, -0.25) is 9.13 Å². The Morgan fingerprint density at radius 3 is 1.88 bits per heavy atom. The summed E-state index contributed by atoms with van der Waals surface area (Å²) in [6.07, 6.45) is -0.553. The minimum absolute atomic E-state index is 0.0262. The first kappa shape index (κ1) is 16.2. The second kappa shape index (κ2) is 5.22. The molecular weight excluding hydrogens is 260 g/mol. The van der Waals surface area contributed by atoms with Crippen LogP contribution < -0.4 is 17.2 Å². The highest BCUT2D eigenvalue weighted by Crippen LogP contribution is 2.46. The summed E-state index contributed by atoms with van der Waals surface area (Å²) in [7, 11) is -8.92. The van der Waals surface area contributed by atoms with Crippen LogP contribution >= 0.6 is 15.2 Å². The van der Waals surface area contributed by atoms with Gasteiger partial charge in [0, 0.05) is 12.2 Å². The van der Waals surface area contributed by atoms with E-state index in [2.05, 4.69) is 0 Å². The Labute approximate surface area is 92.3 Å². The van der Waals surface area contributed by atoms with Crippen LogP contribution in [-0.2, 0) is 9.13 Å². The van der Waals surface area contributed by atoms with Crippen molar-refractivity contribution in [3.63, 3.8) is 0 Å². The molecular formula is C5H17N3O6P2. The minimum atomic E-state index is -4.77. The normalized spacial score (nSPS) is 16.2. The van der Waals surface area contributed by atoms with Gasteiger partial charge in [-0.25, -0.2) is 0 Å². The van der Waals surface area contributed by atoms with E-state index in [0.29, 0.717) is 0 Å². The van der Waals surface area contributed by atoms with Crippen LogP contribution in [0.3, 0.4) is 0 Å². The van der Waals surface area contributed by atoms with Crippen molar-refractivity contribution in [1.82, 2.24) is 0 Å². The molecule has 0 aromatic rings. The molecule has 0 saturated carbocycles. The molecule has 98 valence electrons. The van der Waals surface area contributed by atoms with Gasteiger partial charge in [-0.15, -0.1) is 0 Å². The van der Waals surface area contributed by atoms with Gasteiger partial charge < -0.3 is 36.8 Å². The average molecular weight is 277 g/mol. The van der Waals surface area contributed by atoms with Gasteiger partial charge in [-0.2, -0.15) is 0 Å². The summed E-state index contributed by atoms with van der Waals surface area (Å²) >= 11 is 0. The Bertz CT molecular complexity index is 322. The second-order valence-corrected chi connectivity index (χ2v) is 7.21. The van der Waals surface area contributed by atoms with Crippen LogP contribution in [0.2, 0.25) is 0 Å². The molecule has 1 atom stereocenters. The molecule has 0 aliphatic heterocycles. The molecule has 11 heteroatoms. The lowest BCUT2D eigenvalue weighted by Gasteiger charge is -2.31. The van der Waals surface area contributed by atoms with E-state index >= 15 is 0 Å². The highest BCUT2D eigenvalue weighted by atomic mass is 31.2. The average Bonchev–Trinajstić information content (AvgIpc) is 1.99. The van der Waals surface area contributed by atoms with E-state index in [1.54, 1.807) is 0 Å². The third-order valence-corrected chi connectivity index (χ3v) is 4.30. The molecule has 10 N–H and O–H groups in total. The maximum absolute atomic E-state index is 10.9. The van der Waals surface area contributed by atoms with Crippen molar-refractivity contribution in [3.8, 4) is 0 Å². The lowest BCUT2D eigenvalue weighted by atomic mass is 10.1. The SMILES string of the molecule is NC(CCCP(=O)(O)O)C(N)(N)P(=O)(O)O. The predicted molar refractivity (Wildman–Crippen MR) is 57.3 cm³/mol. The van der Waals surface area contributed by atoms with E-state index in [1.807, 2.05) is 0 Å². The first-order chi connectivity index (χ1) is 6.88. The molecule has 0 spiro atoms. The third kappa shape index (κ3) is 5.01. The molecule has 0 aromatic heterocycles. The second-order valence-electron chi connectivity index (χ2n) is 3.57. The van der Waals surface area contributed by atoms with Gasteiger partial charge in [0.15, 0.2) is 5.40 Å². The van der Waals surface area contributed by atoms with Crippen molar-refractivity contribution in [1.29, 1.82) is 0 Å². The zero-order valence-corrected chi connectivity index (χ0v) is 10.2. The van der Waals surface area contributed by atoms with Crippen molar-refractivity contribution < 1.29 is 28.7 Å². The Kier molecular flexibility index (Phi) is 5.28. The maximum Gasteiger partial charge on any atom is 0.361 e. The van der Waals surface area contributed by atoms with Gasteiger partial charge in [-0.1, -0.05) is 0 Å². The summed E-state index contributed by atoms with van der Waals surface area (Å²) < 4.78 is 21.4. The maximum atomic E-state index is 10.9. The van der Waals surface area contributed by atoms with Crippen molar-refractivity contribution in [2.45, 2.75) is 24.3 Å². The molecule has 0 amide bonds. The van der Waals surface area contributed by atoms with Gasteiger partial charge >= 0.3 is 15.2 Å². The summed E-state index contributed by atoms with van der Waals surface area (Å²) in [5.41, 5.74) is 15.7. The van der Waals surface area contributed by atoms with Crippen LogP contribution in [0.25, 0.3) is 0 Å². The van der Waals surface area contributed by atoms with Crippen LogP contribution in [0, 0.1) is 0 Å². The van der Waals surface area contributed by atoms with E-state index in [4.69, 9.17) is 36.8 Å². The Morgan fingerprint density at radius 2 is 1.56 bits per heavy atom. The molecule has 0 aromatic carbocycles. The molecule has 16 heavy (non-hydrogen) atoms. The zero-order chi connectivity index (χ0) is 13.2. The fourth-order valence-electron chi connectivity index (χ4n) is 0.964. The molecule has 0 aliphatic rings. The van der Waals surface area contributed by atoms with Crippen LogP contribution in [0.5, 0.6) is 0 Å². The standard InChI is InChI=1S/C5H17N3O6P2/c6-4(2-1-3-15(9,10)11)5(7,8)16(12,13)14/h4H,1-3,6-8H2,(H2,9,10,11)(H2,12,13,14). The highest BCUT2D eigenvalue weighted by Gasteiger charge is 2.44. The lowest BCUT2D eigenvalue weighted by molar-refractivity contribution is 0.299. The van der Waals surface area contributed by atoms with Crippen LogP contribution in [-0.4, -0.2) is 37.2 Å². The first-order valence-electron chi connectivity index (χ1n) is 4.31. The Hall–Kier alpha value is 0.180. The molecule has 9 nitrogen and oxygen atoms in total. The number of rotatable bonds is 6. The number of nitrogens with two attached hydrogens (primary N) is 3.